The maximum Gasteiger partial charge on any atom is 0.317 e. The molecule has 0 saturated heterocycles. The number of phosphoric acid groups is 1. The fraction of sp³-hybridized carbons (Fsp3) is 0. The van der Waals surface area contributed by atoms with Gasteiger partial charge in [0.25, 0.3) is 0 Å². The highest BCUT2D eigenvalue weighted by molar-refractivity contribution is 7.45. The van der Waals surface area contributed by atoms with Crippen molar-refractivity contribution < 1.29 is 18.9 Å². The Morgan fingerprint density at radius 3 is 2.47 bits per heavy atom. The zero-order chi connectivity index (χ0) is 10.9. The molecule has 0 radical (unpaired) electrons. The molecule has 0 aromatic heterocycles. The van der Waals surface area contributed by atoms with Crippen LogP contribution in [0, 0.1) is 0 Å². The fourth-order valence-corrected chi connectivity index (χ4v) is 1.74. The minimum atomic E-state index is -4.72. The number of hydrogen-bond acceptors (Lipinski definition) is 3. The second-order valence-electron chi connectivity index (χ2n) is 3.07. The Hall–Kier alpha value is -1.35. The lowest BCUT2D eigenvalue weighted by atomic mass is 10.1. The molecule has 0 amide bonds. The standard InChI is InChI=1S/C10H9O4P/c11-15(12,13)14-10-6-5-8-3-1-2-4-9(8)7-10/h1-7H,(H2,11,12,13)/p-1. The average molecular weight is 223 g/mol. The second kappa shape index (κ2) is 3.66. The van der Waals surface area contributed by atoms with Crippen molar-refractivity contribution in [2.75, 3.05) is 0 Å². The van der Waals surface area contributed by atoms with Crippen LogP contribution in [0.1, 0.15) is 0 Å². The first kappa shape index (κ1) is 10.2. The Morgan fingerprint density at radius 1 is 1.13 bits per heavy atom. The van der Waals surface area contributed by atoms with E-state index >= 15 is 0 Å². The first-order valence-electron chi connectivity index (χ1n) is 4.27. The Balaban J connectivity index is 2.43. The molecule has 0 fully saturated rings. The molecule has 2 rings (SSSR count). The van der Waals surface area contributed by atoms with Gasteiger partial charge in [-0.3, -0.25) is 4.57 Å². The van der Waals surface area contributed by atoms with Crippen LogP contribution in [-0.4, -0.2) is 4.89 Å². The zero-order valence-electron chi connectivity index (χ0n) is 7.66. The molecule has 15 heavy (non-hydrogen) atoms. The van der Waals surface area contributed by atoms with Crippen LogP contribution >= 0.6 is 7.82 Å². The van der Waals surface area contributed by atoms with Gasteiger partial charge in [-0.15, -0.1) is 0 Å². The lowest BCUT2D eigenvalue weighted by Gasteiger charge is -2.16. The van der Waals surface area contributed by atoms with Crippen molar-refractivity contribution in [3.8, 4) is 5.75 Å². The highest BCUT2D eigenvalue weighted by Crippen LogP contribution is 2.34. The van der Waals surface area contributed by atoms with E-state index in [4.69, 9.17) is 4.89 Å². The van der Waals surface area contributed by atoms with Crippen molar-refractivity contribution in [3.05, 3.63) is 42.5 Å². The third-order valence-electron chi connectivity index (χ3n) is 1.94. The normalized spacial score (nSPS) is 14.8. The van der Waals surface area contributed by atoms with Gasteiger partial charge in [0.1, 0.15) is 5.75 Å². The van der Waals surface area contributed by atoms with Gasteiger partial charge in [0, 0.05) is 0 Å². The Labute approximate surface area is 86.4 Å². The van der Waals surface area contributed by atoms with Crippen LogP contribution in [0.25, 0.3) is 10.8 Å². The lowest BCUT2D eigenvalue weighted by Crippen LogP contribution is -2.05. The molecule has 1 N–H and O–H groups in total. The maximum absolute atomic E-state index is 10.5. The summed E-state index contributed by atoms with van der Waals surface area (Å²) < 4.78 is 14.9. The molecular formula is C10H8O4P-. The van der Waals surface area contributed by atoms with E-state index in [2.05, 4.69) is 4.52 Å². The lowest BCUT2D eigenvalue weighted by molar-refractivity contribution is -0.211. The van der Waals surface area contributed by atoms with Gasteiger partial charge in [-0.1, -0.05) is 30.3 Å². The zero-order valence-corrected chi connectivity index (χ0v) is 8.56. The van der Waals surface area contributed by atoms with E-state index in [0.717, 1.165) is 10.8 Å². The van der Waals surface area contributed by atoms with Gasteiger partial charge in [-0.2, -0.15) is 0 Å². The van der Waals surface area contributed by atoms with E-state index < -0.39 is 7.82 Å². The third kappa shape index (κ3) is 2.57. The quantitative estimate of drug-likeness (QED) is 0.786. The van der Waals surface area contributed by atoms with E-state index in [1.165, 1.54) is 6.07 Å². The molecule has 78 valence electrons. The average Bonchev–Trinajstić information content (AvgIpc) is 2.15. The van der Waals surface area contributed by atoms with Gasteiger partial charge in [0.2, 0.25) is 0 Å². The van der Waals surface area contributed by atoms with Crippen molar-refractivity contribution in [1.29, 1.82) is 0 Å². The van der Waals surface area contributed by atoms with E-state index in [0.29, 0.717) is 0 Å². The number of phosphoric ester groups is 1. The summed E-state index contributed by atoms with van der Waals surface area (Å²) in [6.07, 6.45) is 0. The highest BCUT2D eigenvalue weighted by atomic mass is 31.2. The Bertz CT molecular complexity index is 532. The van der Waals surface area contributed by atoms with Crippen LogP contribution < -0.4 is 9.42 Å². The number of rotatable bonds is 2. The summed E-state index contributed by atoms with van der Waals surface area (Å²) in [6.45, 7) is 0. The molecule has 0 bridgehead atoms. The molecule has 0 aliphatic carbocycles. The topological polar surface area (TPSA) is 69.6 Å². The number of fused-ring (bicyclic) bond motifs is 1. The number of hydrogen-bond donors (Lipinski definition) is 1. The van der Waals surface area contributed by atoms with Crippen LogP contribution in [0.5, 0.6) is 5.75 Å². The predicted octanol–water partition coefficient (Wildman–Crippen LogP) is 1.68. The minimum absolute atomic E-state index is 0.106. The van der Waals surface area contributed by atoms with Gasteiger partial charge in [0.15, 0.2) is 0 Å². The van der Waals surface area contributed by atoms with E-state index in [1.807, 2.05) is 24.3 Å². The van der Waals surface area contributed by atoms with Crippen molar-refractivity contribution in [2.45, 2.75) is 0 Å². The molecule has 1 unspecified atom stereocenters. The minimum Gasteiger partial charge on any atom is -0.746 e. The Morgan fingerprint density at radius 2 is 1.80 bits per heavy atom. The van der Waals surface area contributed by atoms with Crippen molar-refractivity contribution in [1.82, 2.24) is 0 Å². The van der Waals surface area contributed by atoms with Crippen LogP contribution in [0.15, 0.2) is 42.5 Å². The molecule has 1 atom stereocenters. The second-order valence-corrected chi connectivity index (χ2v) is 4.19. The van der Waals surface area contributed by atoms with Gasteiger partial charge in [0.05, 0.1) is 0 Å². The molecule has 4 nitrogen and oxygen atoms in total. The summed E-state index contributed by atoms with van der Waals surface area (Å²) in [4.78, 5) is 19.0. The van der Waals surface area contributed by atoms with Crippen molar-refractivity contribution in [2.24, 2.45) is 0 Å². The molecule has 0 aliphatic heterocycles. The summed E-state index contributed by atoms with van der Waals surface area (Å²) in [6, 6.07) is 12.2. The maximum atomic E-state index is 10.5. The summed E-state index contributed by atoms with van der Waals surface area (Å²) in [7, 11) is -4.72. The smallest absolute Gasteiger partial charge is 0.317 e. The van der Waals surface area contributed by atoms with Crippen LogP contribution in [-0.2, 0) is 4.57 Å². The Kier molecular flexibility index (Phi) is 2.49. The molecule has 0 heterocycles. The molecule has 2 aromatic rings. The number of benzene rings is 2. The van der Waals surface area contributed by atoms with Crippen LogP contribution in [0.3, 0.4) is 0 Å². The monoisotopic (exact) mass is 223 g/mol. The van der Waals surface area contributed by atoms with Crippen molar-refractivity contribution in [3.63, 3.8) is 0 Å². The van der Waals surface area contributed by atoms with E-state index in [-0.39, 0.29) is 5.75 Å². The fourth-order valence-electron chi connectivity index (χ4n) is 1.36. The van der Waals surface area contributed by atoms with Gasteiger partial charge in [-0.05, 0) is 22.9 Å². The third-order valence-corrected chi connectivity index (χ3v) is 2.38. The molecule has 2 aromatic carbocycles. The highest BCUT2D eigenvalue weighted by Gasteiger charge is 2.04. The molecule has 0 spiro atoms. The first-order valence-corrected chi connectivity index (χ1v) is 5.76. The van der Waals surface area contributed by atoms with E-state index in [9.17, 15) is 9.46 Å². The van der Waals surface area contributed by atoms with E-state index in [1.54, 1.807) is 12.1 Å². The first-order chi connectivity index (χ1) is 7.04. The molecule has 0 saturated carbocycles. The SMILES string of the molecule is O=P([O-])(O)Oc1ccc2ccccc2c1. The molecule has 0 aliphatic rings. The summed E-state index contributed by atoms with van der Waals surface area (Å²) in [5, 5.41) is 1.83. The molecule has 5 heteroatoms. The molecular weight excluding hydrogens is 215 g/mol. The summed E-state index contributed by atoms with van der Waals surface area (Å²) in [5.74, 6) is 0.106. The predicted molar refractivity (Wildman–Crippen MR) is 54.4 cm³/mol. The van der Waals surface area contributed by atoms with Gasteiger partial charge < -0.3 is 14.3 Å². The van der Waals surface area contributed by atoms with Crippen LogP contribution in [0.4, 0.5) is 0 Å². The van der Waals surface area contributed by atoms with Gasteiger partial charge >= 0.3 is 7.82 Å². The van der Waals surface area contributed by atoms with Gasteiger partial charge in [-0.25, -0.2) is 0 Å². The van der Waals surface area contributed by atoms with Crippen LogP contribution in [0.2, 0.25) is 0 Å². The summed E-state index contributed by atoms with van der Waals surface area (Å²) in [5.41, 5.74) is 0. The largest absolute Gasteiger partial charge is 0.746 e. The summed E-state index contributed by atoms with van der Waals surface area (Å²) >= 11 is 0. The van der Waals surface area contributed by atoms with Crippen molar-refractivity contribution >= 4 is 18.6 Å².